The van der Waals surface area contributed by atoms with E-state index in [1.165, 1.54) is 0 Å². The molecule has 2 amide bonds. The van der Waals surface area contributed by atoms with Crippen LogP contribution in [0.5, 0.6) is 0 Å². The zero-order chi connectivity index (χ0) is 22.4. The highest BCUT2D eigenvalue weighted by atomic mass is 35.5. The number of rotatable bonds is 8. The van der Waals surface area contributed by atoms with E-state index in [4.69, 9.17) is 16.3 Å². The van der Waals surface area contributed by atoms with Crippen LogP contribution in [0.25, 0.3) is 0 Å². The highest BCUT2D eigenvalue weighted by Crippen LogP contribution is 2.49. The topological polar surface area (TPSA) is 71.5 Å². The number of nitrogens with one attached hydrogen (secondary N) is 1. The Balaban J connectivity index is 1.48. The Morgan fingerprint density at radius 1 is 1.23 bits per heavy atom. The third-order valence-corrected chi connectivity index (χ3v) is 5.43. The lowest BCUT2D eigenvalue weighted by Crippen LogP contribution is -2.38. The first-order valence-electron chi connectivity index (χ1n) is 10.6. The maximum absolute atomic E-state index is 12.6. The van der Waals surface area contributed by atoms with E-state index in [0.717, 1.165) is 17.5 Å². The Labute approximate surface area is 188 Å². The number of carbonyl (C=O) groups is 2. The summed E-state index contributed by atoms with van der Waals surface area (Å²) in [5.74, 6) is 0.204. The number of ether oxygens (including phenoxy) is 1. The molecule has 31 heavy (non-hydrogen) atoms. The Morgan fingerprint density at radius 2 is 2.00 bits per heavy atom. The maximum atomic E-state index is 12.6. The molecule has 1 aromatic heterocycles. The molecule has 1 heterocycles. The second-order valence-electron chi connectivity index (χ2n) is 8.88. The maximum Gasteiger partial charge on any atom is 0.410 e. The van der Waals surface area contributed by atoms with Crippen LogP contribution in [0.15, 0.2) is 48.8 Å². The SMILES string of the molecule is CC(C)(C)OC(=O)N(CCCNC(=O)C1CC1c1ccccc1Cl)Cc1cccnc1. The van der Waals surface area contributed by atoms with Gasteiger partial charge in [0, 0.05) is 36.4 Å². The van der Waals surface area contributed by atoms with Gasteiger partial charge in [0.05, 0.1) is 6.54 Å². The lowest BCUT2D eigenvalue weighted by atomic mass is 10.1. The Bertz CT molecular complexity index is 898. The Kier molecular flexibility index (Phi) is 7.55. The second kappa shape index (κ2) is 10.1. The molecule has 166 valence electrons. The van der Waals surface area contributed by atoms with Gasteiger partial charge >= 0.3 is 6.09 Å². The van der Waals surface area contributed by atoms with Gasteiger partial charge in [-0.15, -0.1) is 0 Å². The lowest BCUT2D eigenvalue weighted by Gasteiger charge is -2.27. The molecule has 1 fully saturated rings. The molecular weight excluding hydrogens is 414 g/mol. The van der Waals surface area contributed by atoms with E-state index >= 15 is 0 Å². The molecule has 1 aliphatic carbocycles. The van der Waals surface area contributed by atoms with Gasteiger partial charge < -0.3 is 15.0 Å². The van der Waals surface area contributed by atoms with E-state index in [-0.39, 0.29) is 23.8 Å². The van der Waals surface area contributed by atoms with Gasteiger partial charge in [-0.2, -0.15) is 0 Å². The van der Waals surface area contributed by atoms with Gasteiger partial charge in [-0.25, -0.2) is 4.79 Å². The van der Waals surface area contributed by atoms with Crippen molar-refractivity contribution in [1.29, 1.82) is 0 Å². The zero-order valence-electron chi connectivity index (χ0n) is 18.3. The first-order valence-corrected chi connectivity index (χ1v) is 11.0. The van der Waals surface area contributed by atoms with Crippen molar-refractivity contribution >= 4 is 23.6 Å². The molecule has 2 aromatic rings. The lowest BCUT2D eigenvalue weighted by molar-refractivity contribution is -0.122. The highest BCUT2D eigenvalue weighted by Gasteiger charge is 2.44. The average molecular weight is 444 g/mol. The molecule has 0 radical (unpaired) electrons. The van der Waals surface area contributed by atoms with E-state index in [1.807, 2.05) is 57.2 Å². The van der Waals surface area contributed by atoms with Gasteiger partial charge in [0.2, 0.25) is 5.91 Å². The van der Waals surface area contributed by atoms with E-state index in [9.17, 15) is 9.59 Å². The van der Waals surface area contributed by atoms with Gasteiger partial charge in [-0.1, -0.05) is 35.9 Å². The predicted octanol–water partition coefficient (Wildman–Crippen LogP) is 4.78. The van der Waals surface area contributed by atoms with Crippen LogP contribution in [0.1, 0.15) is 50.7 Å². The quantitative estimate of drug-likeness (QED) is 0.596. The fourth-order valence-corrected chi connectivity index (χ4v) is 3.77. The number of amides is 2. The van der Waals surface area contributed by atoms with Gasteiger partial charge in [0.15, 0.2) is 0 Å². The summed E-state index contributed by atoms with van der Waals surface area (Å²) in [7, 11) is 0. The number of halogens is 1. The van der Waals surface area contributed by atoms with E-state index < -0.39 is 5.60 Å². The van der Waals surface area contributed by atoms with Gasteiger partial charge in [0.25, 0.3) is 0 Å². The monoisotopic (exact) mass is 443 g/mol. The normalized spacial score (nSPS) is 17.7. The number of benzene rings is 1. The number of hydrogen-bond donors (Lipinski definition) is 1. The van der Waals surface area contributed by atoms with Crippen LogP contribution in [0.4, 0.5) is 4.79 Å². The van der Waals surface area contributed by atoms with Gasteiger partial charge in [0.1, 0.15) is 5.60 Å². The molecule has 6 nitrogen and oxygen atoms in total. The van der Waals surface area contributed by atoms with Crippen molar-refractivity contribution in [3.63, 3.8) is 0 Å². The van der Waals surface area contributed by atoms with E-state index in [2.05, 4.69) is 10.3 Å². The molecule has 1 saturated carbocycles. The summed E-state index contributed by atoms with van der Waals surface area (Å²) in [6.07, 6.45) is 4.52. The van der Waals surface area contributed by atoms with Crippen LogP contribution >= 0.6 is 11.6 Å². The smallest absolute Gasteiger partial charge is 0.410 e. The van der Waals surface area contributed by atoms with Crippen LogP contribution in [0, 0.1) is 5.92 Å². The fourth-order valence-electron chi connectivity index (χ4n) is 3.49. The van der Waals surface area contributed by atoms with Crippen molar-refractivity contribution in [2.24, 2.45) is 5.92 Å². The molecule has 7 heteroatoms. The van der Waals surface area contributed by atoms with E-state index in [1.54, 1.807) is 17.3 Å². The number of nitrogens with zero attached hydrogens (tertiary/aromatic N) is 2. The molecule has 0 saturated heterocycles. The minimum absolute atomic E-state index is 0.0303. The standard InChI is InChI=1S/C24H30ClN3O3/c1-24(2,3)31-23(30)28(16-17-8-6-11-26-15-17)13-7-12-27-22(29)20-14-19(20)18-9-4-5-10-21(18)25/h4-6,8-11,15,19-20H,7,12-14,16H2,1-3H3,(H,27,29). The minimum atomic E-state index is -0.571. The predicted molar refractivity (Wildman–Crippen MR) is 121 cm³/mol. The van der Waals surface area contributed by atoms with Crippen molar-refractivity contribution in [1.82, 2.24) is 15.2 Å². The van der Waals surface area contributed by atoms with Gasteiger partial charge in [-0.3, -0.25) is 9.78 Å². The molecule has 0 aliphatic heterocycles. The number of hydrogen-bond acceptors (Lipinski definition) is 4. The third-order valence-electron chi connectivity index (χ3n) is 5.08. The van der Waals surface area contributed by atoms with Crippen LogP contribution in [-0.2, 0) is 16.1 Å². The van der Waals surface area contributed by atoms with Crippen molar-refractivity contribution in [2.75, 3.05) is 13.1 Å². The molecule has 0 bridgehead atoms. The molecule has 0 spiro atoms. The number of carbonyl (C=O) groups excluding carboxylic acids is 2. The van der Waals surface area contributed by atoms with Crippen LogP contribution in [-0.4, -0.2) is 40.6 Å². The summed E-state index contributed by atoms with van der Waals surface area (Å²) >= 11 is 6.25. The fraction of sp³-hybridized carbons (Fsp3) is 0.458. The number of pyridine rings is 1. The molecule has 1 N–H and O–H groups in total. The first kappa shape index (κ1) is 23.1. The highest BCUT2D eigenvalue weighted by molar-refractivity contribution is 6.31. The third kappa shape index (κ3) is 6.96. The average Bonchev–Trinajstić information content (AvgIpc) is 3.50. The van der Waals surface area contributed by atoms with E-state index in [0.29, 0.717) is 31.1 Å². The van der Waals surface area contributed by atoms with Crippen molar-refractivity contribution < 1.29 is 14.3 Å². The summed E-state index contributed by atoms with van der Waals surface area (Å²) in [5, 5.41) is 3.71. The van der Waals surface area contributed by atoms with Gasteiger partial charge in [-0.05, 0) is 62.8 Å². The minimum Gasteiger partial charge on any atom is -0.444 e. The summed E-state index contributed by atoms with van der Waals surface area (Å²) in [6.45, 7) is 6.92. The Morgan fingerprint density at radius 3 is 2.68 bits per heavy atom. The van der Waals surface area contributed by atoms with Crippen molar-refractivity contribution in [2.45, 2.75) is 51.7 Å². The summed E-state index contributed by atoms with van der Waals surface area (Å²) in [5.41, 5.74) is 1.40. The second-order valence-corrected chi connectivity index (χ2v) is 9.29. The van der Waals surface area contributed by atoms with Crippen molar-refractivity contribution in [3.8, 4) is 0 Å². The molecular formula is C24H30ClN3O3. The summed E-state index contributed by atoms with van der Waals surface area (Å²) in [6, 6.07) is 11.4. The molecule has 1 aromatic carbocycles. The summed E-state index contributed by atoms with van der Waals surface area (Å²) in [4.78, 5) is 30.9. The largest absolute Gasteiger partial charge is 0.444 e. The van der Waals surface area contributed by atoms with Crippen molar-refractivity contribution in [3.05, 3.63) is 64.9 Å². The molecule has 2 atom stereocenters. The Hall–Kier alpha value is -2.60. The molecule has 2 unspecified atom stereocenters. The van der Waals surface area contributed by atoms with Crippen LogP contribution in [0.3, 0.4) is 0 Å². The van der Waals surface area contributed by atoms with Crippen LogP contribution in [0.2, 0.25) is 5.02 Å². The zero-order valence-corrected chi connectivity index (χ0v) is 19.1. The first-order chi connectivity index (χ1) is 14.7. The van der Waals surface area contributed by atoms with Crippen LogP contribution < -0.4 is 5.32 Å². The molecule has 1 aliphatic rings. The number of aromatic nitrogens is 1. The molecule has 3 rings (SSSR count). The summed E-state index contributed by atoms with van der Waals surface area (Å²) < 4.78 is 5.54.